The normalized spacial score (nSPS) is 14.1. The van der Waals surface area contributed by atoms with Gasteiger partial charge in [-0.25, -0.2) is 13.2 Å². The topological polar surface area (TPSA) is 46.2 Å². The van der Waals surface area contributed by atoms with Gasteiger partial charge in [0.1, 0.15) is 0 Å². The minimum atomic E-state index is -1.55. The van der Waals surface area contributed by atoms with Crippen molar-refractivity contribution in [1.29, 1.82) is 0 Å². The predicted molar refractivity (Wildman–Crippen MR) is 49.5 cm³/mol. The molecule has 0 amide bonds. The molecule has 15 heavy (non-hydrogen) atoms. The van der Waals surface area contributed by atoms with E-state index in [1.807, 2.05) is 0 Å². The maximum Gasteiger partial charge on any atom is 0.194 e. The summed E-state index contributed by atoms with van der Waals surface area (Å²) in [5.74, 6) is -4.23. The van der Waals surface area contributed by atoms with Gasteiger partial charge in [-0.3, -0.25) is 0 Å². The van der Waals surface area contributed by atoms with Crippen molar-refractivity contribution in [1.82, 2.24) is 0 Å². The highest BCUT2D eigenvalue weighted by Crippen LogP contribution is 2.25. The Hall–Kier alpha value is -1.07. The van der Waals surface area contributed by atoms with Crippen LogP contribution in [0.4, 0.5) is 13.2 Å². The van der Waals surface area contributed by atoms with Gasteiger partial charge in [0.05, 0.1) is 6.10 Å². The fourth-order valence-corrected chi connectivity index (χ4v) is 1.16. The number of hydrogen-bond donors (Lipinski definition) is 2. The molecule has 0 aliphatic rings. The SMILES string of the molecule is CC(C)(N)C(O)c1cc(F)c(F)c(F)c1. The molecule has 0 fully saturated rings. The quantitative estimate of drug-likeness (QED) is 0.746. The maximum absolute atomic E-state index is 12.8. The fourth-order valence-electron chi connectivity index (χ4n) is 1.16. The molecule has 0 saturated heterocycles. The van der Waals surface area contributed by atoms with Crippen molar-refractivity contribution in [3.05, 3.63) is 35.1 Å². The molecule has 84 valence electrons. The summed E-state index contributed by atoms with van der Waals surface area (Å²) in [5, 5.41) is 9.62. The van der Waals surface area contributed by atoms with E-state index in [1.165, 1.54) is 13.8 Å². The van der Waals surface area contributed by atoms with Crippen LogP contribution in [0.3, 0.4) is 0 Å². The fraction of sp³-hybridized carbons (Fsp3) is 0.400. The van der Waals surface area contributed by atoms with Gasteiger partial charge in [-0.05, 0) is 31.5 Å². The lowest BCUT2D eigenvalue weighted by molar-refractivity contribution is 0.104. The zero-order valence-corrected chi connectivity index (χ0v) is 8.39. The molecule has 3 N–H and O–H groups in total. The summed E-state index contributed by atoms with van der Waals surface area (Å²) in [4.78, 5) is 0. The van der Waals surface area contributed by atoms with Crippen LogP contribution in [0, 0.1) is 17.5 Å². The van der Waals surface area contributed by atoms with E-state index in [9.17, 15) is 18.3 Å². The minimum absolute atomic E-state index is 0.0844. The molecule has 0 aromatic heterocycles. The second-order valence-corrected chi connectivity index (χ2v) is 4.02. The number of rotatable bonds is 2. The molecule has 5 heteroatoms. The first-order chi connectivity index (χ1) is 6.73. The number of nitrogens with two attached hydrogens (primary N) is 1. The average Bonchev–Trinajstić information content (AvgIpc) is 2.10. The first-order valence-electron chi connectivity index (χ1n) is 4.35. The van der Waals surface area contributed by atoms with Crippen LogP contribution in [0.5, 0.6) is 0 Å². The Labute approximate surface area is 85.5 Å². The van der Waals surface area contributed by atoms with E-state index < -0.39 is 29.1 Å². The van der Waals surface area contributed by atoms with Gasteiger partial charge < -0.3 is 10.8 Å². The molecule has 2 nitrogen and oxygen atoms in total. The molecular weight excluding hydrogens is 207 g/mol. The smallest absolute Gasteiger partial charge is 0.194 e. The molecule has 0 spiro atoms. The second kappa shape index (κ2) is 3.83. The van der Waals surface area contributed by atoms with Gasteiger partial charge in [0.25, 0.3) is 0 Å². The van der Waals surface area contributed by atoms with Crippen LogP contribution in [0.1, 0.15) is 25.5 Å². The summed E-state index contributed by atoms with van der Waals surface area (Å²) >= 11 is 0. The molecule has 1 rings (SSSR count). The van der Waals surface area contributed by atoms with Crippen LogP contribution < -0.4 is 5.73 Å². The molecule has 0 radical (unpaired) electrons. The molecule has 1 aromatic rings. The van der Waals surface area contributed by atoms with E-state index in [4.69, 9.17) is 5.73 Å². The average molecular weight is 219 g/mol. The maximum atomic E-state index is 12.8. The molecule has 0 heterocycles. The standard InChI is InChI=1S/C10H12F3NO/c1-10(2,14)9(15)5-3-6(11)8(13)7(12)4-5/h3-4,9,15H,14H2,1-2H3. The zero-order chi connectivity index (χ0) is 11.8. The van der Waals surface area contributed by atoms with Gasteiger partial charge in [-0.1, -0.05) is 0 Å². The molecule has 0 saturated carbocycles. The summed E-state index contributed by atoms with van der Waals surface area (Å²) < 4.78 is 38.3. The Kier molecular flexibility index (Phi) is 3.06. The molecule has 1 unspecified atom stereocenters. The highest BCUT2D eigenvalue weighted by atomic mass is 19.2. The monoisotopic (exact) mass is 219 g/mol. The molecule has 1 atom stereocenters. The molecule has 0 aliphatic carbocycles. The number of hydrogen-bond acceptors (Lipinski definition) is 2. The van der Waals surface area contributed by atoms with E-state index in [0.29, 0.717) is 0 Å². The van der Waals surface area contributed by atoms with Gasteiger partial charge in [-0.15, -0.1) is 0 Å². The van der Waals surface area contributed by atoms with Gasteiger partial charge >= 0.3 is 0 Å². The van der Waals surface area contributed by atoms with E-state index in [-0.39, 0.29) is 5.56 Å². The summed E-state index contributed by atoms with van der Waals surface area (Å²) in [6.07, 6.45) is -1.26. The van der Waals surface area contributed by atoms with Crippen LogP contribution >= 0.6 is 0 Å². The summed E-state index contributed by atoms with van der Waals surface area (Å²) in [5.41, 5.74) is 4.42. The lowest BCUT2D eigenvalue weighted by Gasteiger charge is -2.26. The highest BCUT2D eigenvalue weighted by Gasteiger charge is 2.26. The Morgan fingerprint density at radius 1 is 1.20 bits per heavy atom. The predicted octanol–water partition coefficient (Wildman–Crippen LogP) is 1.87. The van der Waals surface area contributed by atoms with Gasteiger partial charge in [0, 0.05) is 5.54 Å². The summed E-state index contributed by atoms with van der Waals surface area (Å²) in [6, 6.07) is 1.47. The lowest BCUT2D eigenvalue weighted by atomic mass is 9.92. The molecule has 0 bridgehead atoms. The number of aliphatic hydroxyl groups excluding tert-OH is 1. The summed E-state index contributed by atoms with van der Waals surface area (Å²) in [6.45, 7) is 2.99. The number of aliphatic hydroxyl groups is 1. The van der Waals surface area contributed by atoms with Crippen LogP contribution in [-0.4, -0.2) is 10.6 Å². The van der Waals surface area contributed by atoms with E-state index in [2.05, 4.69) is 0 Å². The Balaban J connectivity index is 3.17. The van der Waals surface area contributed by atoms with Crippen molar-refractivity contribution >= 4 is 0 Å². The van der Waals surface area contributed by atoms with Crippen molar-refractivity contribution in [2.24, 2.45) is 5.73 Å². The highest BCUT2D eigenvalue weighted by molar-refractivity contribution is 5.23. The van der Waals surface area contributed by atoms with E-state index in [1.54, 1.807) is 0 Å². The lowest BCUT2D eigenvalue weighted by Crippen LogP contribution is -2.39. The van der Waals surface area contributed by atoms with Crippen LogP contribution in [0.15, 0.2) is 12.1 Å². The van der Waals surface area contributed by atoms with Crippen molar-refractivity contribution in [2.45, 2.75) is 25.5 Å². The van der Waals surface area contributed by atoms with Gasteiger partial charge in [0.2, 0.25) is 0 Å². The molecule has 0 aliphatic heterocycles. The molecular formula is C10H12F3NO. The third-order valence-corrected chi connectivity index (χ3v) is 2.03. The third kappa shape index (κ3) is 2.49. The molecule has 1 aromatic carbocycles. The van der Waals surface area contributed by atoms with E-state index >= 15 is 0 Å². The first-order valence-corrected chi connectivity index (χ1v) is 4.35. The van der Waals surface area contributed by atoms with Crippen molar-refractivity contribution in [2.75, 3.05) is 0 Å². The second-order valence-electron chi connectivity index (χ2n) is 4.02. The van der Waals surface area contributed by atoms with Crippen molar-refractivity contribution in [3.8, 4) is 0 Å². The Morgan fingerprint density at radius 2 is 1.60 bits per heavy atom. The Morgan fingerprint density at radius 3 is 1.93 bits per heavy atom. The first kappa shape index (κ1) is 12.0. The Bertz CT molecular complexity index is 350. The largest absolute Gasteiger partial charge is 0.387 e. The number of halogens is 3. The van der Waals surface area contributed by atoms with Crippen LogP contribution in [0.2, 0.25) is 0 Å². The van der Waals surface area contributed by atoms with Crippen molar-refractivity contribution in [3.63, 3.8) is 0 Å². The van der Waals surface area contributed by atoms with Crippen LogP contribution in [0.25, 0.3) is 0 Å². The minimum Gasteiger partial charge on any atom is -0.387 e. The number of benzene rings is 1. The van der Waals surface area contributed by atoms with Gasteiger partial charge in [0.15, 0.2) is 17.5 Å². The summed E-state index contributed by atoms with van der Waals surface area (Å²) in [7, 11) is 0. The van der Waals surface area contributed by atoms with E-state index in [0.717, 1.165) is 12.1 Å². The zero-order valence-electron chi connectivity index (χ0n) is 8.39. The van der Waals surface area contributed by atoms with Crippen molar-refractivity contribution < 1.29 is 18.3 Å². The van der Waals surface area contributed by atoms with Crippen LogP contribution in [-0.2, 0) is 0 Å². The van der Waals surface area contributed by atoms with Gasteiger partial charge in [-0.2, -0.15) is 0 Å². The third-order valence-electron chi connectivity index (χ3n) is 2.03.